The number of piperidine rings is 1. The van der Waals surface area contributed by atoms with E-state index in [9.17, 15) is 14.0 Å². The number of Topliss-reactive ketones (excluding diaryl/α,β-unsaturated/α-hetero) is 1. The number of hydrogen-bond donors (Lipinski definition) is 2. The van der Waals surface area contributed by atoms with Crippen LogP contribution in [0.3, 0.4) is 0 Å². The first-order valence-corrected chi connectivity index (χ1v) is 10.1. The number of rotatable bonds is 4. The third-order valence-electron chi connectivity index (χ3n) is 5.87. The predicted octanol–water partition coefficient (Wildman–Crippen LogP) is 2.73. The van der Waals surface area contributed by atoms with Gasteiger partial charge < -0.3 is 19.4 Å². The van der Waals surface area contributed by atoms with Crippen LogP contribution in [0.2, 0.25) is 0 Å². The SMILES string of the molecule is O=C(c1ccc(F)cc1)C1CCN(CC2COc3ccc4[nH]c(=O)[nH]c4c3O2)CC1. The Bertz CT molecular complexity index is 1130. The number of aromatic amines is 2. The first-order valence-electron chi connectivity index (χ1n) is 10.1. The fourth-order valence-electron chi connectivity index (χ4n) is 4.28. The third-order valence-corrected chi connectivity index (χ3v) is 5.87. The second-order valence-electron chi connectivity index (χ2n) is 7.89. The molecular formula is C22H22FN3O4. The van der Waals surface area contributed by atoms with E-state index < -0.39 is 0 Å². The Morgan fingerprint density at radius 1 is 1.10 bits per heavy atom. The summed E-state index contributed by atoms with van der Waals surface area (Å²) in [5.41, 5.74) is 1.59. The minimum absolute atomic E-state index is 0.0412. The second-order valence-corrected chi connectivity index (χ2v) is 7.89. The molecule has 1 fully saturated rings. The van der Waals surface area contributed by atoms with E-state index in [4.69, 9.17) is 9.47 Å². The highest BCUT2D eigenvalue weighted by atomic mass is 19.1. The smallest absolute Gasteiger partial charge is 0.323 e. The lowest BCUT2D eigenvalue weighted by Crippen LogP contribution is -2.45. The Hall–Kier alpha value is -3.13. The maximum atomic E-state index is 13.1. The van der Waals surface area contributed by atoms with E-state index in [1.165, 1.54) is 12.1 Å². The van der Waals surface area contributed by atoms with Gasteiger partial charge in [0.15, 0.2) is 17.3 Å². The van der Waals surface area contributed by atoms with Crippen LogP contribution in [0.1, 0.15) is 23.2 Å². The lowest BCUT2D eigenvalue weighted by molar-refractivity contribution is 0.0473. The number of nitrogens with zero attached hydrogens (tertiary/aromatic N) is 1. The molecule has 1 aromatic heterocycles. The van der Waals surface area contributed by atoms with Crippen molar-refractivity contribution in [2.45, 2.75) is 18.9 Å². The molecule has 0 amide bonds. The number of carbonyl (C=O) groups excluding carboxylic acids is 1. The summed E-state index contributed by atoms with van der Waals surface area (Å²) < 4.78 is 25.1. The average Bonchev–Trinajstić information content (AvgIpc) is 3.15. The third kappa shape index (κ3) is 3.59. The van der Waals surface area contributed by atoms with Crippen molar-refractivity contribution in [3.8, 4) is 11.5 Å². The zero-order chi connectivity index (χ0) is 20.7. The van der Waals surface area contributed by atoms with E-state index in [0.717, 1.165) is 25.9 Å². The molecule has 3 aromatic rings. The first-order chi connectivity index (χ1) is 14.6. The van der Waals surface area contributed by atoms with Crippen LogP contribution < -0.4 is 15.2 Å². The number of nitrogens with one attached hydrogen (secondary N) is 2. The lowest BCUT2D eigenvalue weighted by Gasteiger charge is -2.35. The van der Waals surface area contributed by atoms with E-state index in [2.05, 4.69) is 14.9 Å². The Morgan fingerprint density at radius 3 is 2.63 bits per heavy atom. The first kappa shape index (κ1) is 18.9. The molecule has 0 spiro atoms. The fraction of sp³-hybridized carbons (Fsp3) is 0.364. The number of aromatic nitrogens is 2. The predicted molar refractivity (Wildman–Crippen MR) is 109 cm³/mol. The van der Waals surface area contributed by atoms with Gasteiger partial charge in [0.1, 0.15) is 24.0 Å². The molecule has 5 rings (SSSR count). The van der Waals surface area contributed by atoms with Gasteiger partial charge in [0, 0.05) is 18.0 Å². The Morgan fingerprint density at radius 2 is 1.87 bits per heavy atom. The number of carbonyl (C=O) groups is 1. The van der Waals surface area contributed by atoms with Crippen molar-refractivity contribution in [2.75, 3.05) is 26.2 Å². The maximum Gasteiger partial charge on any atom is 0.323 e. The van der Waals surface area contributed by atoms with Gasteiger partial charge in [-0.05, 0) is 62.3 Å². The lowest BCUT2D eigenvalue weighted by atomic mass is 9.89. The highest BCUT2D eigenvalue weighted by molar-refractivity contribution is 5.97. The van der Waals surface area contributed by atoms with Crippen molar-refractivity contribution in [2.24, 2.45) is 5.92 Å². The van der Waals surface area contributed by atoms with Crippen LogP contribution in [-0.2, 0) is 0 Å². The molecule has 2 aliphatic heterocycles. The molecule has 1 atom stereocenters. The summed E-state index contributed by atoms with van der Waals surface area (Å²) in [6.45, 7) is 2.69. The molecule has 1 unspecified atom stereocenters. The van der Waals surface area contributed by atoms with Gasteiger partial charge in [0.25, 0.3) is 0 Å². The van der Waals surface area contributed by atoms with Crippen molar-refractivity contribution in [1.29, 1.82) is 0 Å². The van der Waals surface area contributed by atoms with Gasteiger partial charge in [-0.25, -0.2) is 9.18 Å². The number of ether oxygens (including phenoxy) is 2. The summed E-state index contributed by atoms with van der Waals surface area (Å²) in [7, 11) is 0. The number of H-pyrrole nitrogens is 2. The van der Waals surface area contributed by atoms with Gasteiger partial charge in [-0.3, -0.25) is 9.69 Å². The van der Waals surface area contributed by atoms with E-state index in [1.54, 1.807) is 24.3 Å². The monoisotopic (exact) mass is 411 g/mol. The second kappa shape index (κ2) is 7.60. The van der Waals surface area contributed by atoms with E-state index in [-0.39, 0.29) is 29.3 Å². The summed E-state index contributed by atoms with van der Waals surface area (Å²) in [5.74, 6) is 0.889. The number of benzene rings is 2. The number of imidazole rings is 1. The number of halogens is 1. The quantitative estimate of drug-likeness (QED) is 0.645. The van der Waals surface area contributed by atoms with Gasteiger partial charge in [-0.1, -0.05) is 0 Å². The van der Waals surface area contributed by atoms with Crippen LogP contribution in [0.5, 0.6) is 11.5 Å². The summed E-state index contributed by atoms with van der Waals surface area (Å²) in [5, 5.41) is 0. The molecule has 0 bridgehead atoms. The molecule has 30 heavy (non-hydrogen) atoms. The zero-order valence-corrected chi connectivity index (χ0v) is 16.3. The van der Waals surface area contributed by atoms with Crippen LogP contribution in [-0.4, -0.2) is 53.0 Å². The molecule has 0 aliphatic carbocycles. The van der Waals surface area contributed by atoms with E-state index in [0.29, 0.717) is 41.2 Å². The van der Waals surface area contributed by atoms with Crippen molar-refractivity contribution in [3.05, 3.63) is 58.3 Å². The topological polar surface area (TPSA) is 87.4 Å². The molecule has 3 heterocycles. The molecule has 0 saturated carbocycles. The maximum absolute atomic E-state index is 13.1. The van der Waals surface area contributed by atoms with Gasteiger partial charge >= 0.3 is 5.69 Å². The van der Waals surface area contributed by atoms with Gasteiger partial charge in [0.05, 0.1) is 5.52 Å². The van der Waals surface area contributed by atoms with Crippen LogP contribution in [0.15, 0.2) is 41.2 Å². The molecule has 7 nitrogen and oxygen atoms in total. The largest absolute Gasteiger partial charge is 0.486 e. The normalized spacial score (nSPS) is 19.8. The summed E-state index contributed by atoms with van der Waals surface area (Å²) in [6.07, 6.45) is 1.36. The highest BCUT2D eigenvalue weighted by Gasteiger charge is 2.30. The summed E-state index contributed by atoms with van der Waals surface area (Å²) >= 11 is 0. The van der Waals surface area contributed by atoms with Gasteiger partial charge in [-0.15, -0.1) is 0 Å². The Kier molecular flexibility index (Phi) is 4.78. The Labute approximate surface area is 171 Å². The number of fused-ring (bicyclic) bond motifs is 3. The van der Waals surface area contributed by atoms with Gasteiger partial charge in [0.2, 0.25) is 0 Å². The molecular weight excluding hydrogens is 389 g/mol. The molecule has 156 valence electrons. The van der Waals surface area contributed by atoms with Crippen LogP contribution >= 0.6 is 0 Å². The van der Waals surface area contributed by atoms with Crippen molar-refractivity contribution in [3.63, 3.8) is 0 Å². The van der Waals surface area contributed by atoms with Crippen LogP contribution in [0, 0.1) is 11.7 Å². The molecule has 1 saturated heterocycles. The molecule has 2 N–H and O–H groups in total. The van der Waals surface area contributed by atoms with Crippen LogP contribution in [0.25, 0.3) is 11.0 Å². The number of ketones is 1. The number of likely N-dealkylation sites (tertiary alicyclic amines) is 1. The standard InChI is InChI=1S/C22H22FN3O4/c23-15-3-1-13(2-4-15)20(27)14-7-9-26(10-8-14)11-16-12-29-18-6-5-17-19(21(18)30-16)25-22(28)24-17/h1-6,14,16H,7-12H2,(H2,24,25,28). The van der Waals surface area contributed by atoms with Crippen molar-refractivity contribution >= 4 is 16.8 Å². The zero-order valence-electron chi connectivity index (χ0n) is 16.3. The Balaban J connectivity index is 1.20. The molecule has 2 aromatic carbocycles. The summed E-state index contributed by atoms with van der Waals surface area (Å²) in [4.78, 5) is 32.0. The minimum atomic E-state index is -0.335. The number of hydrogen-bond acceptors (Lipinski definition) is 5. The highest BCUT2D eigenvalue weighted by Crippen LogP contribution is 2.37. The van der Waals surface area contributed by atoms with Crippen molar-refractivity contribution < 1.29 is 18.7 Å². The average molecular weight is 411 g/mol. The fourth-order valence-corrected chi connectivity index (χ4v) is 4.28. The van der Waals surface area contributed by atoms with Crippen LogP contribution in [0.4, 0.5) is 4.39 Å². The molecule has 0 radical (unpaired) electrons. The minimum Gasteiger partial charge on any atom is -0.486 e. The van der Waals surface area contributed by atoms with E-state index in [1.807, 2.05) is 0 Å². The van der Waals surface area contributed by atoms with Gasteiger partial charge in [-0.2, -0.15) is 0 Å². The summed E-state index contributed by atoms with van der Waals surface area (Å²) in [6, 6.07) is 9.36. The molecule has 2 aliphatic rings. The molecule has 8 heteroatoms. The van der Waals surface area contributed by atoms with E-state index >= 15 is 0 Å². The van der Waals surface area contributed by atoms with Crippen molar-refractivity contribution in [1.82, 2.24) is 14.9 Å².